The van der Waals surface area contributed by atoms with Crippen LogP contribution >= 0.6 is 22.9 Å². The maximum Gasteiger partial charge on any atom is 0.269 e. The van der Waals surface area contributed by atoms with Gasteiger partial charge in [0.1, 0.15) is 4.88 Å². The van der Waals surface area contributed by atoms with E-state index in [1.54, 1.807) is 7.05 Å². The predicted molar refractivity (Wildman–Crippen MR) is 84.6 cm³/mol. The second-order valence-electron chi connectivity index (χ2n) is 4.46. The van der Waals surface area contributed by atoms with Crippen LogP contribution in [0.2, 0.25) is 5.02 Å². The van der Waals surface area contributed by atoms with Gasteiger partial charge in [-0.05, 0) is 42.1 Å². The van der Waals surface area contributed by atoms with Crippen molar-refractivity contribution in [2.45, 2.75) is 11.8 Å². The first-order valence-corrected chi connectivity index (χ1v) is 8.66. The zero-order chi connectivity index (χ0) is 15.8. The number of thiophene rings is 1. The molecule has 5 nitrogen and oxygen atoms in total. The summed E-state index contributed by atoms with van der Waals surface area (Å²) in [6.07, 6.45) is 0. The number of nitrogens with two attached hydrogens (primary N) is 1. The minimum atomic E-state index is -3.74. The first-order chi connectivity index (χ1) is 9.71. The van der Waals surface area contributed by atoms with Gasteiger partial charge in [-0.15, -0.1) is 11.3 Å². The fraction of sp³-hybridized carbons (Fsp3) is 0.154. The normalized spacial score (nSPS) is 11.4. The molecular formula is C13H13ClN2O3S2. The lowest BCUT2D eigenvalue weighted by molar-refractivity contribution is 0.0997. The van der Waals surface area contributed by atoms with E-state index in [-0.39, 0.29) is 10.8 Å². The Kier molecular flexibility index (Phi) is 4.38. The second kappa shape index (κ2) is 5.76. The molecule has 1 heterocycles. The number of primary sulfonamides is 1. The van der Waals surface area contributed by atoms with Crippen LogP contribution in [0, 0.1) is 6.92 Å². The molecule has 2 N–H and O–H groups in total. The molecule has 0 aliphatic carbocycles. The van der Waals surface area contributed by atoms with Crippen LogP contribution in [-0.4, -0.2) is 21.4 Å². The number of hydrogen-bond acceptors (Lipinski definition) is 4. The SMILES string of the molecule is Cc1csc(C(=O)N(C)c2ccc(S(N)(=O)=O)cc2)c1Cl. The van der Waals surface area contributed by atoms with Crippen LogP contribution in [0.15, 0.2) is 34.5 Å². The Morgan fingerprint density at radius 1 is 1.29 bits per heavy atom. The molecule has 2 aromatic rings. The number of hydrogen-bond donors (Lipinski definition) is 1. The Bertz CT molecular complexity index is 782. The number of amides is 1. The molecule has 1 aromatic carbocycles. The fourth-order valence-corrected chi connectivity index (χ4v) is 3.47. The third kappa shape index (κ3) is 3.26. The van der Waals surface area contributed by atoms with Crippen LogP contribution in [0.1, 0.15) is 15.2 Å². The third-order valence-electron chi connectivity index (χ3n) is 2.95. The van der Waals surface area contributed by atoms with Gasteiger partial charge in [-0.25, -0.2) is 13.6 Å². The van der Waals surface area contributed by atoms with Crippen LogP contribution in [0.3, 0.4) is 0 Å². The first-order valence-electron chi connectivity index (χ1n) is 5.86. The number of halogens is 1. The molecule has 0 saturated carbocycles. The van der Waals surface area contributed by atoms with E-state index >= 15 is 0 Å². The molecule has 1 aromatic heterocycles. The molecule has 21 heavy (non-hydrogen) atoms. The van der Waals surface area contributed by atoms with Crippen molar-refractivity contribution >= 4 is 44.6 Å². The van der Waals surface area contributed by atoms with E-state index in [2.05, 4.69) is 0 Å². The lowest BCUT2D eigenvalue weighted by atomic mass is 10.2. The van der Waals surface area contributed by atoms with Crippen molar-refractivity contribution in [2.75, 3.05) is 11.9 Å². The van der Waals surface area contributed by atoms with Crippen molar-refractivity contribution in [3.8, 4) is 0 Å². The molecule has 0 spiro atoms. The van der Waals surface area contributed by atoms with Gasteiger partial charge < -0.3 is 4.90 Å². The van der Waals surface area contributed by atoms with Gasteiger partial charge in [-0.2, -0.15) is 0 Å². The molecule has 0 unspecified atom stereocenters. The average molecular weight is 345 g/mol. The number of aryl methyl sites for hydroxylation is 1. The molecule has 0 atom stereocenters. The topological polar surface area (TPSA) is 80.5 Å². The molecule has 2 rings (SSSR count). The van der Waals surface area contributed by atoms with Crippen molar-refractivity contribution in [3.05, 3.63) is 45.1 Å². The third-order valence-corrected chi connectivity index (χ3v) is 5.56. The van der Waals surface area contributed by atoms with E-state index in [0.717, 1.165) is 5.56 Å². The van der Waals surface area contributed by atoms with E-state index in [1.807, 2.05) is 12.3 Å². The molecule has 112 valence electrons. The van der Waals surface area contributed by atoms with E-state index in [1.165, 1.54) is 40.5 Å². The van der Waals surface area contributed by atoms with E-state index < -0.39 is 10.0 Å². The summed E-state index contributed by atoms with van der Waals surface area (Å²) in [5.74, 6) is -0.249. The number of benzene rings is 1. The fourth-order valence-electron chi connectivity index (χ4n) is 1.70. The largest absolute Gasteiger partial charge is 0.311 e. The summed E-state index contributed by atoms with van der Waals surface area (Å²) in [4.78, 5) is 14.2. The van der Waals surface area contributed by atoms with Crippen molar-refractivity contribution in [1.82, 2.24) is 0 Å². The Morgan fingerprint density at radius 2 is 1.86 bits per heavy atom. The van der Waals surface area contributed by atoms with Crippen LogP contribution in [0.5, 0.6) is 0 Å². The summed E-state index contributed by atoms with van der Waals surface area (Å²) in [6, 6.07) is 5.75. The number of carbonyl (C=O) groups excluding carboxylic acids is 1. The van der Waals surface area contributed by atoms with Crippen molar-refractivity contribution in [2.24, 2.45) is 5.14 Å². The van der Waals surface area contributed by atoms with Gasteiger partial charge in [0.15, 0.2) is 0 Å². The molecule has 0 saturated heterocycles. The second-order valence-corrected chi connectivity index (χ2v) is 7.28. The van der Waals surface area contributed by atoms with E-state index in [9.17, 15) is 13.2 Å². The monoisotopic (exact) mass is 344 g/mol. The van der Waals surface area contributed by atoms with Gasteiger partial charge in [0.2, 0.25) is 10.0 Å². The highest BCUT2D eigenvalue weighted by Gasteiger charge is 2.20. The summed E-state index contributed by atoms with van der Waals surface area (Å²) in [5.41, 5.74) is 1.40. The minimum absolute atomic E-state index is 0.00269. The number of carbonyl (C=O) groups is 1. The molecule has 0 radical (unpaired) electrons. The summed E-state index contributed by atoms with van der Waals surface area (Å²) in [7, 11) is -2.15. The first kappa shape index (κ1) is 16.0. The minimum Gasteiger partial charge on any atom is -0.311 e. The maximum absolute atomic E-state index is 12.4. The Morgan fingerprint density at radius 3 is 2.29 bits per heavy atom. The van der Waals surface area contributed by atoms with Crippen molar-refractivity contribution < 1.29 is 13.2 Å². The molecule has 8 heteroatoms. The van der Waals surface area contributed by atoms with Crippen molar-refractivity contribution in [3.63, 3.8) is 0 Å². The highest BCUT2D eigenvalue weighted by molar-refractivity contribution is 7.89. The summed E-state index contributed by atoms with van der Waals surface area (Å²) < 4.78 is 22.4. The lowest BCUT2D eigenvalue weighted by Gasteiger charge is -2.17. The zero-order valence-corrected chi connectivity index (χ0v) is 13.7. The van der Waals surface area contributed by atoms with Gasteiger partial charge >= 0.3 is 0 Å². The molecular weight excluding hydrogens is 332 g/mol. The highest BCUT2D eigenvalue weighted by Crippen LogP contribution is 2.29. The lowest BCUT2D eigenvalue weighted by Crippen LogP contribution is -2.25. The standard InChI is InChI=1S/C13H13ClN2O3S2/c1-8-7-20-12(11(8)14)13(17)16(2)9-3-5-10(6-4-9)21(15,18)19/h3-7H,1-2H3,(H2,15,18,19). The number of nitrogens with zero attached hydrogens (tertiary/aromatic N) is 1. The number of rotatable bonds is 3. The molecule has 0 bridgehead atoms. The Labute approximate surface area is 132 Å². The maximum atomic E-state index is 12.4. The highest BCUT2D eigenvalue weighted by atomic mass is 35.5. The van der Waals surface area contributed by atoms with Crippen LogP contribution in [0.25, 0.3) is 0 Å². The van der Waals surface area contributed by atoms with Crippen molar-refractivity contribution in [1.29, 1.82) is 0 Å². The van der Waals surface area contributed by atoms with Gasteiger partial charge in [-0.1, -0.05) is 11.6 Å². The van der Waals surface area contributed by atoms with Gasteiger partial charge in [0.25, 0.3) is 5.91 Å². The summed E-state index contributed by atoms with van der Waals surface area (Å²) >= 11 is 7.36. The average Bonchev–Trinajstić information content (AvgIpc) is 2.77. The molecule has 0 aliphatic rings. The van der Waals surface area contributed by atoms with Crippen LogP contribution in [0.4, 0.5) is 5.69 Å². The van der Waals surface area contributed by atoms with E-state index in [4.69, 9.17) is 16.7 Å². The van der Waals surface area contributed by atoms with Gasteiger partial charge in [0.05, 0.1) is 9.92 Å². The van der Waals surface area contributed by atoms with E-state index in [0.29, 0.717) is 15.6 Å². The summed E-state index contributed by atoms with van der Waals surface area (Å²) in [5, 5.41) is 7.29. The Hall–Kier alpha value is -1.41. The smallest absolute Gasteiger partial charge is 0.269 e. The quantitative estimate of drug-likeness (QED) is 0.929. The predicted octanol–water partition coefficient (Wildman–Crippen LogP) is 2.63. The number of sulfonamides is 1. The zero-order valence-electron chi connectivity index (χ0n) is 11.3. The molecule has 0 aliphatic heterocycles. The van der Waals surface area contributed by atoms with Crippen LogP contribution < -0.4 is 10.0 Å². The summed E-state index contributed by atoms with van der Waals surface area (Å²) in [6.45, 7) is 1.83. The van der Waals surface area contributed by atoms with Gasteiger partial charge in [-0.3, -0.25) is 4.79 Å². The molecule has 0 fully saturated rings. The molecule has 1 amide bonds. The van der Waals surface area contributed by atoms with Crippen LogP contribution in [-0.2, 0) is 10.0 Å². The number of anilines is 1. The van der Waals surface area contributed by atoms with Gasteiger partial charge in [0, 0.05) is 12.7 Å². The Balaban J connectivity index is 2.30.